The van der Waals surface area contributed by atoms with Gasteiger partial charge in [0.2, 0.25) is 0 Å². The molecule has 0 amide bonds. The Morgan fingerprint density at radius 1 is 1.11 bits per heavy atom. The molecule has 6 nitrogen and oxygen atoms in total. The van der Waals surface area contributed by atoms with Crippen LogP contribution in [0.15, 0.2) is 24.3 Å². The van der Waals surface area contributed by atoms with Gasteiger partial charge in [-0.25, -0.2) is 0 Å². The normalized spacial score (nSPS) is 11.1. The SMILES string of the molecule is NCC(=O)O.NCC(CC(=O)O)c1ccc(Cl)cc1. The number of hydrogen-bond donors (Lipinski definition) is 4. The van der Waals surface area contributed by atoms with E-state index in [-0.39, 0.29) is 18.9 Å². The second-order valence-corrected chi connectivity index (χ2v) is 4.12. The largest absolute Gasteiger partial charge is 0.481 e. The molecule has 0 fully saturated rings. The van der Waals surface area contributed by atoms with Crippen molar-refractivity contribution in [2.75, 3.05) is 13.1 Å². The molecule has 1 aromatic carbocycles. The summed E-state index contributed by atoms with van der Waals surface area (Å²) in [5.74, 6) is -1.94. The highest BCUT2D eigenvalue weighted by atomic mass is 35.5. The Bertz CT molecular complexity index is 409. The van der Waals surface area contributed by atoms with Crippen LogP contribution >= 0.6 is 11.6 Å². The lowest BCUT2D eigenvalue weighted by Crippen LogP contribution is -2.16. The Balaban J connectivity index is 0.000000555. The number of aliphatic carboxylic acids is 2. The van der Waals surface area contributed by atoms with Gasteiger partial charge in [0.25, 0.3) is 0 Å². The van der Waals surface area contributed by atoms with Crippen LogP contribution in [-0.4, -0.2) is 35.2 Å². The summed E-state index contributed by atoms with van der Waals surface area (Å²) < 4.78 is 0. The number of benzene rings is 1. The number of carboxylic acid groups (broad SMARTS) is 2. The van der Waals surface area contributed by atoms with Gasteiger partial charge in [0.05, 0.1) is 13.0 Å². The zero-order chi connectivity index (χ0) is 14.8. The summed E-state index contributed by atoms with van der Waals surface area (Å²) in [6.07, 6.45) is 0.0537. The lowest BCUT2D eigenvalue weighted by Gasteiger charge is -2.12. The second-order valence-electron chi connectivity index (χ2n) is 3.68. The van der Waals surface area contributed by atoms with Gasteiger partial charge in [-0.15, -0.1) is 0 Å². The molecule has 0 radical (unpaired) electrons. The van der Waals surface area contributed by atoms with Crippen LogP contribution < -0.4 is 11.5 Å². The van der Waals surface area contributed by atoms with Gasteiger partial charge < -0.3 is 21.7 Å². The lowest BCUT2D eigenvalue weighted by molar-refractivity contribution is -0.137. The summed E-state index contributed by atoms with van der Waals surface area (Å²) in [7, 11) is 0. The smallest absolute Gasteiger partial charge is 0.317 e. The first-order valence-corrected chi connectivity index (χ1v) is 5.87. The first-order valence-electron chi connectivity index (χ1n) is 5.49. The zero-order valence-corrected chi connectivity index (χ0v) is 11.0. The molecule has 0 saturated carbocycles. The fourth-order valence-corrected chi connectivity index (χ4v) is 1.41. The summed E-state index contributed by atoms with van der Waals surface area (Å²) in [4.78, 5) is 19.8. The predicted molar refractivity (Wildman–Crippen MR) is 72.2 cm³/mol. The number of nitrogens with two attached hydrogens (primary N) is 2. The van der Waals surface area contributed by atoms with E-state index in [0.29, 0.717) is 11.6 Å². The first-order chi connectivity index (χ1) is 8.90. The molecule has 1 unspecified atom stereocenters. The predicted octanol–water partition coefficient (Wildman–Crippen LogP) is 0.887. The molecule has 6 N–H and O–H groups in total. The van der Waals surface area contributed by atoms with E-state index in [1.54, 1.807) is 12.1 Å². The number of rotatable bonds is 5. The maximum Gasteiger partial charge on any atom is 0.317 e. The van der Waals surface area contributed by atoms with E-state index in [9.17, 15) is 9.59 Å². The number of carboxylic acids is 2. The summed E-state index contributed by atoms with van der Waals surface area (Å²) in [5, 5.41) is 16.9. The van der Waals surface area contributed by atoms with Gasteiger partial charge in [0.1, 0.15) is 0 Å². The molecular weight excluding hydrogens is 272 g/mol. The highest BCUT2D eigenvalue weighted by Gasteiger charge is 2.13. The van der Waals surface area contributed by atoms with Crippen molar-refractivity contribution in [1.82, 2.24) is 0 Å². The summed E-state index contributed by atoms with van der Waals surface area (Å²) in [6, 6.07) is 7.09. The lowest BCUT2D eigenvalue weighted by atomic mass is 9.96. The molecule has 0 aromatic heterocycles. The monoisotopic (exact) mass is 288 g/mol. The van der Waals surface area contributed by atoms with Crippen LogP contribution in [0, 0.1) is 0 Å². The molecule has 0 heterocycles. The van der Waals surface area contributed by atoms with Crippen molar-refractivity contribution in [3.05, 3.63) is 34.9 Å². The maximum atomic E-state index is 10.5. The average Bonchev–Trinajstić information content (AvgIpc) is 2.37. The van der Waals surface area contributed by atoms with E-state index in [2.05, 4.69) is 5.73 Å². The minimum atomic E-state index is -0.968. The van der Waals surface area contributed by atoms with E-state index >= 15 is 0 Å². The van der Waals surface area contributed by atoms with E-state index in [1.165, 1.54) is 0 Å². The van der Waals surface area contributed by atoms with Gasteiger partial charge >= 0.3 is 11.9 Å². The molecule has 0 saturated heterocycles. The molecule has 1 atom stereocenters. The Morgan fingerprint density at radius 3 is 1.89 bits per heavy atom. The fraction of sp³-hybridized carbons (Fsp3) is 0.333. The second kappa shape index (κ2) is 9.32. The third-order valence-corrected chi connectivity index (χ3v) is 2.47. The van der Waals surface area contributed by atoms with Crippen LogP contribution in [0.1, 0.15) is 17.9 Å². The summed E-state index contributed by atoms with van der Waals surface area (Å²) in [5.41, 5.74) is 11.0. The molecule has 0 bridgehead atoms. The van der Waals surface area contributed by atoms with E-state index in [4.69, 9.17) is 27.5 Å². The van der Waals surface area contributed by atoms with Gasteiger partial charge in [-0.1, -0.05) is 23.7 Å². The van der Waals surface area contributed by atoms with Gasteiger partial charge in [-0.3, -0.25) is 9.59 Å². The molecule has 0 aliphatic rings. The van der Waals surface area contributed by atoms with Crippen molar-refractivity contribution < 1.29 is 19.8 Å². The molecule has 0 aliphatic carbocycles. The molecule has 0 aliphatic heterocycles. The van der Waals surface area contributed by atoms with Gasteiger partial charge in [0, 0.05) is 10.9 Å². The van der Waals surface area contributed by atoms with Crippen LogP contribution in [0.3, 0.4) is 0 Å². The highest BCUT2D eigenvalue weighted by molar-refractivity contribution is 6.30. The Labute approximate surface area is 116 Å². The summed E-state index contributed by atoms with van der Waals surface area (Å²) >= 11 is 5.72. The van der Waals surface area contributed by atoms with Crippen LogP contribution in [0.25, 0.3) is 0 Å². The van der Waals surface area contributed by atoms with E-state index < -0.39 is 11.9 Å². The first kappa shape index (κ1) is 17.4. The maximum absolute atomic E-state index is 10.5. The van der Waals surface area contributed by atoms with Crippen molar-refractivity contribution >= 4 is 23.5 Å². The minimum absolute atomic E-state index is 0.0537. The Kier molecular flexibility index (Phi) is 8.52. The van der Waals surface area contributed by atoms with E-state index in [1.807, 2.05) is 12.1 Å². The molecule has 1 aromatic rings. The quantitative estimate of drug-likeness (QED) is 0.637. The zero-order valence-electron chi connectivity index (χ0n) is 10.3. The number of hydrogen-bond acceptors (Lipinski definition) is 4. The minimum Gasteiger partial charge on any atom is -0.481 e. The van der Waals surface area contributed by atoms with E-state index in [0.717, 1.165) is 5.56 Å². The molecule has 106 valence electrons. The fourth-order valence-electron chi connectivity index (χ4n) is 1.28. The molecular formula is C12H17ClN2O4. The molecule has 19 heavy (non-hydrogen) atoms. The number of carbonyl (C=O) groups is 2. The van der Waals surface area contributed by atoms with Gasteiger partial charge in [-0.05, 0) is 24.2 Å². The topological polar surface area (TPSA) is 127 Å². The van der Waals surface area contributed by atoms with Gasteiger partial charge in [0.15, 0.2) is 0 Å². The van der Waals surface area contributed by atoms with Crippen LogP contribution in [0.4, 0.5) is 0 Å². The van der Waals surface area contributed by atoms with Crippen molar-refractivity contribution in [2.45, 2.75) is 12.3 Å². The third-order valence-electron chi connectivity index (χ3n) is 2.22. The number of halogens is 1. The van der Waals surface area contributed by atoms with Crippen molar-refractivity contribution in [3.8, 4) is 0 Å². The van der Waals surface area contributed by atoms with Crippen molar-refractivity contribution in [1.29, 1.82) is 0 Å². The van der Waals surface area contributed by atoms with Crippen molar-refractivity contribution in [2.24, 2.45) is 11.5 Å². The average molecular weight is 289 g/mol. The standard InChI is InChI=1S/C10H12ClNO2.C2H5NO2/c11-9-3-1-7(2-4-9)8(6-12)5-10(13)14;3-1-2(4)5/h1-4,8H,5-6,12H2,(H,13,14);1,3H2,(H,4,5). The summed E-state index contributed by atoms with van der Waals surface area (Å²) in [6.45, 7) is 0.0495. The Hall–Kier alpha value is -1.63. The van der Waals surface area contributed by atoms with Crippen molar-refractivity contribution in [3.63, 3.8) is 0 Å². The highest BCUT2D eigenvalue weighted by Crippen LogP contribution is 2.20. The molecule has 0 spiro atoms. The van der Waals surface area contributed by atoms with Gasteiger partial charge in [-0.2, -0.15) is 0 Å². The molecule has 1 rings (SSSR count). The van der Waals surface area contributed by atoms with Crippen LogP contribution in [0.2, 0.25) is 5.02 Å². The third kappa shape index (κ3) is 8.15. The Morgan fingerprint density at radius 2 is 1.58 bits per heavy atom. The van der Waals surface area contributed by atoms with Crippen LogP contribution in [0.5, 0.6) is 0 Å². The van der Waals surface area contributed by atoms with Crippen LogP contribution in [-0.2, 0) is 9.59 Å². The molecule has 7 heteroatoms.